The molecular weight excluding hydrogens is 370 g/mol. The van der Waals surface area contributed by atoms with E-state index in [-0.39, 0.29) is 30.9 Å². The molecule has 0 saturated carbocycles. The van der Waals surface area contributed by atoms with E-state index in [2.05, 4.69) is 10.6 Å². The average Bonchev–Trinajstić information content (AvgIpc) is 3.12. The molecule has 2 amide bonds. The number of hydrogen-bond donors (Lipinski definition) is 3. The van der Waals surface area contributed by atoms with Gasteiger partial charge in [0.1, 0.15) is 17.1 Å². The Labute approximate surface area is 169 Å². The minimum atomic E-state index is -0.254. The highest BCUT2D eigenvalue weighted by Crippen LogP contribution is 2.23. The van der Waals surface area contributed by atoms with Gasteiger partial charge in [-0.15, -0.1) is 0 Å². The molecule has 7 heteroatoms. The lowest BCUT2D eigenvalue weighted by molar-refractivity contribution is -0.862. The zero-order valence-electron chi connectivity index (χ0n) is 16.8. The summed E-state index contributed by atoms with van der Waals surface area (Å²) < 4.78 is 10.9. The van der Waals surface area contributed by atoms with Crippen LogP contribution in [-0.2, 0) is 9.59 Å². The Bertz CT molecular complexity index is 948. The van der Waals surface area contributed by atoms with Crippen LogP contribution in [0.2, 0.25) is 0 Å². The number of rotatable bonds is 8. The standard InChI is InChI=1S/C22H25N3O4/c1-15(20-12-16-6-4-5-7-19(16)29-20)23-21(26)13-25(2)14-22(27)24-17-8-10-18(28-3)11-9-17/h4-12,15H,13-14H2,1-3H3,(H,23,26)(H,24,27)/p+1/t15-/m0/s1. The van der Waals surface area contributed by atoms with Crippen LogP contribution in [-0.4, -0.2) is 39.1 Å². The third kappa shape index (κ3) is 5.58. The van der Waals surface area contributed by atoms with Crippen LogP contribution in [0.3, 0.4) is 0 Å². The molecule has 0 aliphatic rings. The molecule has 3 rings (SSSR count). The predicted octanol–water partition coefficient (Wildman–Crippen LogP) is 1.77. The topological polar surface area (TPSA) is 85.0 Å². The molecule has 2 atom stereocenters. The van der Waals surface area contributed by atoms with E-state index >= 15 is 0 Å². The van der Waals surface area contributed by atoms with Crippen molar-refractivity contribution in [2.75, 3.05) is 32.6 Å². The van der Waals surface area contributed by atoms with E-state index in [4.69, 9.17) is 9.15 Å². The Morgan fingerprint density at radius 2 is 1.76 bits per heavy atom. The van der Waals surface area contributed by atoms with Crippen molar-refractivity contribution in [1.82, 2.24) is 5.32 Å². The Balaban J connectivity index is 1.47. The van der Waals surface area contributed by atoms with Gasteiger partial charge < -0.3 is 24.7 Å². The molecule has 152 valence electrons. The Kier molecular flexibility index (Phi) is 6.51. The maximum Gasteiger partial charge on any atom is 0.279 e. The second kappa shape index (κ2) is 9.25. The molecule has 0 spiro atoms. The predicted molar refractivity (Wildman–Crippen MR) is 111 cm³/mol. The van der Waals surface area contributed by atoms with Gasteiger partial charge in [0, 0.05) is 11.1 Å². The lowest BCUT2D eigenvalue weighted by Gasteiger charge is -2.16. The quantitative estimate of drug-likeness (QED) is 0.542. The van der Waals surface area contributed by atoms with Crippen molar-refractivity contribution in [3.8, 4) is 5.75 Å². The van der Waals surface area contributed by atoms with Crippen LogP contribution in [0.1, 0.15) is 18.7 Å². The summed E-state index contributed by atoms with van der Waals surface area (Å²) in [5, 5.41) is 6.74. The lowest BCUT2D eigenvalue weighted by Crippen LogP contribution is -3.11. The first-order valence-corrected chi connectivity index (χ1v) is 9.47. The summed E-state index contributed by atoms with van der Waals surface area (Å²) in [7, 11) is 3.39. The number of quaternary nitrogens is 1. The van der Waals surface area contributed by atoms with E-state index < -0.39 is 0 Å². The van der Waals surface area contributed by atoms with Crippen LogP contribution < -0.4 is 20.3 Å². The molecule has 0 aliphatic heterocycles. The van der Waals surface area contributed by atoms with Gasteiger partial charge in [-0.25, -0.2) is 0 Å². The normalized spacial score (nSPS) is 12.9. The summed E-state index contributed by atoms with van der Waals surface area (Å²) >= 11 is 0. The highest BCUT2D eigenvalue weighted by atomic mass is 16.5. The number of likely N-dealkylation sites (N-methyl/N-ethyl adjacent to an activating group) is 1. The number of anilines is 1. The SMILES string of the molecule is COc1ccc(NC(=O)C[NH+](C)CC(=O)N[C@@H](C)c2cc3ccccc3o2)cc1. The second-order valence-corrected chi connectivity index (χ2v) is 7.06. The molecule has 1 aromatic heterocycles. The third-order valence-electron chi connectivity index (χ3n) is 4.55. The lowest BCUT2D eigenvalue weighted by atomic mass is 10.2. The van der Waals surface area contributed by atoms with Crippen molar-refractivity contribution in [1.29, 1.82) is 0 Å². The third-order valence-corrected chi connectivity index (χ3v) is 4.55. The number of nitrogens with one attached hydrogen (secondary N) is 3. The van der Waals surface area contributed by atoms with E-state index in [0.29, 0.717) is 11.4 Å². The molecule has 1 unspecified atom stereocenters. The van der Waals surface area contributed by atoms with Gasteiger partial charge in [-0.05, 0) is 43.3 Å². The maximum atomic E-state index is 12.3. The number of hydrogen-bond acceptors (Lipinski definition) is 4. The molecule has 3 N–H and O–H groups in total. The van der Waals surface area contributed by atoms with Gasteiger partial charge in [0.05, 0.1) is 20.2 Å². The van der Waals surface area contributed by atoms with Crippen molar-refractivity contribution in [2.24, 2.45) is 0 Å². The van der Waals surface area contributed by atoms with Crippen LogP contribution in [0.4, 0.5) is 5.69 Å². The van der Waals surface area contributed by atoms with Crippen molar-refractivity contribution in [3.05, 3.63) is 60.4 Å². The van der Waals surface area contributed by atoms with Crippen molar-refractivity contribution < 1.29 is 23.6 Å². The van der Waals surface area contributed by atoms with Gasteiger partial charge in [0.15, 0.2) is 13.1 Å². The van der Waals surface area contributed by atoms with Crippen LogP contribution in [0.15, 0.2) is 59.0 Å². The second-order valence-electron chi connectivity index (χ2n) is 7.06. The number of carbonyl (C=O) groups excluding carboxylic acids is 2. The highest BCUT2D eigenvalue weighted by Gasteiger charge is 2.18. The van der Waals surface area contributed by atoms with Gasteiger partial charge in [0.2, 0.25) is 0 Å². The largest absolute Gasteiger partial charge is 0.497 e. The fourth-order valence-corrected chi connectivity index (χ4v) is 3.07. The summed E-state index contributed by atoms with van der Waals surface area (Å²) in [6.45, 7) is 2.24. The van der Waals surface area contributed by atoms with Gasteiger partial charge >= 0.3 is 0 Å². The minimum absolute atomic E-state index is 0.146. The molecular formula is C22H26N3O4+. The molecule has 0 bridgehead atoms. The number of benzene rings is 2. The summed E-state index contributed by atoms with van der Waals surface area (Å²) in [6, 6.07) is 16.5. The van der Waals surface area contributed by atoms with Crippen molar-refractivity contribution in [2.45, 2.75) is 13.0 Å². The Hall–Kier alpha value is -3.32. The monoisotopic (exact) mass is 396 g/mol. The molecule has 0 fully saturated rings. The first-order chi connectivity index (χ1) is 13.9. The van der Waals surface area contributed by atoms with Crippen LogP contribution >= 0.6 is 0 Å². The van der Waals surface area contributed by atoms with E-state index in [1.165, 1.54) is 0 Å². The number of para-hydroxylation sites is 1. The number of ether oxygens (including phenoxy) is 1. The number of carbonyl (C=O) groups is 2. The van der Waals surface area contributed by atoms with E-state index in [9.17, 15) is 9.59 Å². The van der Waals surface area contributed by atoms with E-state index in [1.807, 2.05) is 37.3 Å². The number of methoxy groups -OCH3 is 1. The molecule has 0 saturated heterocycles. The Morgan fingerprint density at radius 3 is 2.45 bits per heavy atom. The van der Waals surface area contributed by atoms with Gasteiger partial charge in [-0.1, -0.05) is 18.2 Å². The van der Waals surface area contributed by atoms with Gasteiger partial charge in [0.25, 0.3) is 11.8 Å². The Morgan fingerprint density at radius 1 is 1.07 bits per heavy atom. The van der Waals surface area contributed by atoms with Crippen LogP contribution in [0.5, 0.6) is 5.75 Å². The van der Waals surface area contributed by atoms with Gasteiger partial charge in [-0.3, -0.25) is 9.59 Å². The molecule has 29 heavy (non-hydrogen) atoms. The molecule has 2 aromatic carbocycles. The maximum absolute atomic E-state index is 12.3. The van der Waals surface area contributed by atoms with E-state index in [0.717, 1.165) is 21.6 Å². The number of amides is 2. The molecule has 3 aromatic rings. The summed E-state index contributed by atoms with van der Waals surface area (Å²) in [5.41, 5.74) is 1.48. The van der Waals surface area contributed by atoms with Gasteiger partial charge in [-0.2, -0.15) is 0 Å². The minimum Gasteiger partial charge on any atom is -0.497 e. The molecule has 0 aliphatic carbocycles. The fraction of sp³-hybridized carbons (Fsp3) is 0.273. The number of furan rings is 1. The summed E-state index contributed by atoms with van der Waals surface area (Å²) in [5.74, 6) is 1.12. The zero-order chi connectivity index (χ0) is 20.8. The number of fused-ring (bicyclic) bond motifs is 1. The fourth-order valence-electron chi connectivity index (χ4n) is 3.07. The first-order valence-electron chi connectivity index (χ1n) is 9.47. The molecule has 0 radical (unpaired) electrons. The average molecular weight is 396 g/mol. The van der Waals surface area contributed by atoms with Crippen molar-refractivity contribution in [3.63, 3.8) is 0 Å². The van der Waals surface area contributed by atoms with Crippen LogP contribution in [0.25, 0.3) is 11.0 Å². The highest BCUT2D eigenvalue weighted by molar-refractivity contribution is 5.91. The van der Waals surface area contributed by atoms with Crippen molar-refractivity contribution >= 4 is 28.5 Å². The molecule has 1 heterocycles. The zero-order valence-corrected chi connectivity index (χ0v) is 16.8. The summed E-state index contributed by atoms with van der Waals surface area (Å²) in [6.07, 6.45) is 0. The van der Waals surface area contributed by atoms with E-state index in [1.54, 1.807) is 38.4 Å². The smallest absolute Gasteiger partial charge is 0.279 e. The van der Waals surface area contributed by atoms with Crippen LogP contribution in [0, 0.1) is 0 Å². The molecule has 7 nitrogen and oxygen atoms in total. The first kappa shape index (κ1) is 20.4. The summed E-state index contributed by atoms with van der Waals surface area (Å²) in [4.78, 5) is 25.3.